The first kappa shape index (κ1) is 24.7. The maximum atomic E-state index is 8.44. The zero-order chi connectivity index (χ0) is 28.0. The Morgan fingerprint density at radius 2 is 1.34 bits per heavy atom. The van der Waals surface area contributed by atoms with Crippen molar-refractivity contribution in [3.63, 3.8) is 0 Å². The number of hydrogen-bond acceptors (Lipinski definition) is 5. The Bertz CT molecular complexity index is 1910. The van der Waals surface area contributed by atoms with E-state index in [1.807, 2.05) is 42.5 Å². The predicted octanol–water partition coefficient (Wildman–Crippen LogP) is 9.12. The standard InChI is InChI=1S/C36H28N4O/c1-36(2)31-18-16-26(35-40-39-34(41-35)24-12-7-4-8-13-24)21-29(31)28-17-19-32(30(22-37)33(28)36)38-27-15-9-14-25(20-27)23-10-5-3-6-11-23/h3-22,37-38H,1-2H3. The van der Waals surface area contributed by atoms with Crippen molar-refractivity contribution in [1.82, 2.24) is 10.2 Å². The summed E-state index contributed by atoms with van der Waals surface area (Å²) in [6, 6.07) is 39.1. The second kappa shape index (κ2) is 9.72. The van der Waals surface area contributed by atoms with Crippen LogP contribution in [0.4, 0.5) is 11.4 Å². The van der Waals surface area contributed by atoms with Crippen molar-refractivity contribution in [3.8, 4) is 45.2 Å². The lowest BCUT2D eigenvalue weighted by Gasteiger charge is -2.25. The van der Waals surface area contributed by atoms with Gasteiger partial charge in [0.05, 0.1) is 0 Å². The quantitative estimate of drug-likeness (QED) is 0.210. The highest BCUT2D eigenvalue weighted by molar-refractivity contribution is 5.97. The summed E-state index contributed by atoms with van der Waals surface area (Å²) in [4.78, 5) is 0. The Labute approximate surface area is 239 Å². The summed E-state index contributed by atoms with van der Waals surface area (Å²) in [7, 11) is 0. The molecule has 0 unspecified atom stereocenters. The van der Waals surface area contributed by atoms with Crippen molar-refractivity contribution in [2.75, 3.05) is 5.32 Å². The van der Waals surface area contributed by atoms with Gasteiger partial charge in [-0.25, -0.2) is 0 Å². The number of fused-ring (bicyclic) bond motifs is 3. The zero-order valence-electron chi connectivity index (χ0n) is 22.8. The number of anilines is 2. The van der Waals surface area contributed by atoms with Crippen LogP contribution in [0.2, 0.25) is 0 Å². The molecule has 0 bridgehead atoms. The van der Waals surface area contributed by atoms with Gasteiger partial charge >= 0.3 is 0 Å². The number of rotatable bonds is 6. The molecule has 0 fully saturated rings. The summed E-state index contributed by atoms with van der Waals surface area (Å²) >= 11 is 0. The fourth-order valence-corrected chi connectivity index (χ4v) is 5.96. The van der Waals surface area contributed by atoms with E-state index in [0.29, 0.717) is 11.8 Å². The van der Waals surface area contributed by atoms with Gasteiger partial charge in [-0.2, -0.15) is 0 Å². The van der Waals surface area contributed by atoms with E-state index >= 15 is 0 Å². The van der Waals surface area contributed by atoms with Gasteiger partial charge in [0.15, 0.2) is 0 Å². The van der Waals surface area contributed by atoms with Crippen molar-refractivity contribution < 1.29 is 4.42 Å². The van der Waals surface area contributed by atoms with Gasteiger partial charge in [-0.3, -0.25) is 0 Å². The largest absolute Gasteiger partial charge is 0.416 e. The van der Waals surface area contributed by atoms with Crippen LogP contribution in [-0.2, 0) is 5.41 Å². The van der Waals surface area contributed by atoms with E-state index in [-0.39, 0.29) is 5.41 Å². The van der Waals surface area contributed by atoms with E-state index < -0.39 is 0 Å². The first-order valence-corrected chi connectivity index (χ1v) is 13.7. The summed E-state index contributed by atoms with van der Waals surface area (Å²) in [5.74, 6) is 0.988. The number of hydrogen-bond donors (Lipinski definition) is 2. The highest BCUT2D eigenvalue weighted by atomic mass is 16.4. The van der Waals surface area contributed by atoms with Crippen molar-refractivity contribution in [2.24, 2.45) is 0 Å². The second-order valence-corrected chi connectivity index (χ2v) is 10.8. The van der Waals surface area contributed by atoms with Crippen LogP contribution in [-0.4, -0.2) is 16.4 Å². The van der Waals surface area contributed by atoms with Crippen molar-refractivity contribution in [1.29, 1.82) is 5.41 Å². The van der Waals surface area contributed by atoms with Gasteiger partial charge in [0.2, 0.25) is 11.8 Å². The van der Waals surface area contributed by atoms with Gasteiger partial charge in [-0.05, 0) is 75.8 Å². The maximum absolute atomic E-state index is 8.44. The average molecular weight is 533 g/mol. The van der Waals surface area contributed by atoms with Crippen molar-refractivity contribution in [3.05, 3.63) is 132 Å². The van der Waals surface area contributed by atoms with Crippen LogP contribution in [0.3, 0.4) is 0 Å². The molecule has 0 saturated carbocycles. The Kier molecular flexibility index (Phi) is 5.86. The van der Waals surface area contributed by atoms with Crippen LogP contribution in [0, 0.1) is 5.41 Å². The molecule has 0 aliphatic heterocycles. The van der Waals surface area contributed by atoms with E-state index in [1.54, 1.807) is 0 Å². The summed E-state index contributed by atoms with van der Waals surface area (Å²) < 4.78 is 6.06. The topological polar surface area (TPSA) is 74.8 Å². The molecule has 198 valence electrons. The molecule has 2 N–H and O–H groups in total. The molecule has 1 aliphatic carbocycles. The SMILES string of the molecule is CC1(C)c2ccc(-c3nnc(-c4ccccc4)o3)cc2-c2ccc(Nc3cccc(-c4ccccc4)c3)c(C=N)c21. The molecular formula is C36H28N4O. The molecule has 7 rings (SSSR count). The highest BCUT2D eigenvalue weighted by Gasteiger charge is 2.38. The Hall–Kier alpha value is -5.29. The van der Waals surface area contributed by atoms with Crippen molar-refractivity contribution in [2.45, 2.75) is 19.3 Å². The van der Waals surface area contributed by atoms with Gasteiger partial charge in [0.25, 0.3) is 0 Å². The molecule has 0 amide bonds. The van der Waals surface area contributed by atoms with Crippen LogP contribution < -0.4 is 5.32 Å². The Balaban J connectivity index is 1.26. The van der Waals surface area contributed by atoms with Crippen LogP contribution in [0.15, 0.2) is 120 Å². The number of benzene rings is 5. The van der Waals surface area contributed by atoms with E-state index in [0.717, 1.165) is 50.3 Å². The lowest BCUT2D eigenvalue weighted by Crippen LogP contribution is -2.18. The molecular weight excluding hydrogens is 504 g/mol. The fourth-order valence-electron chi connectivity index (χ4n) is 5.96. The first-order valence-electron chi connectivity index (χ1n) is 13.7. The molecule has 1 heterocycles. The summed E-state index contributed by atoms with van der Waals surface area (Å²) in [6.45, 7) is 4.45. The minimum absolute atomic E-state index is 0.288. The molecule has 0 saturated heterocycles. The average Bonchev–Trinajstić information content (AvgIpc) is 3.60. The van der Waals surface area contributed by atoms with Crippen molar-refractivity contribution >= 4 is 17.6 Å². The lowest BCUT2D eigenvalue weighted by atomic mass is 9.80. The summed E-state index contributed by atoms with van der Waals surface area (Å²) in [5.41, 5.74) is 11.2. The number of aromatic nitrogens is 2. The molecule has 5 heteroatoms. The minimum Gasteiger partial charge on any atom is -0.416 e. The van der Waals surface area contributed by atoms with Crippen LogP contribution in [0.1, 0.15) is 30.5 Å². The normalized spacial score (nSPS) is 12.9. The number of nitrogens with one attached hydrogen (secondary N) is 2. The molecule has 0 atom stereocenters. The van der Waals surface area contributed by atoms with Gasteiger partial charge in [-0.15, -0.1) is 10.2 Å². The smallest absolute Gasteiger partial charge is 0.248 e. The third-order valence-corrected chi connectivity index (χ3v) is 7.94. The summed E-state index contributed by atoms with van der Waals surface area (Å²) in [5, 5.41) is 20.7. The second-order valence-electron chi connectivity index (χ2n) is 10.8. The molecule has 5 nitrogen and oxygen atoms in total. The molecule has 1 aromatic heterocycles. The molecule has 0 spiro atoms. The monoisotopic (exact) mass is 532 g/mol. The Morgan fingerprint density at radius 3 is 2.07 bits per heavy atom. The molecule has 1 aliphatic rings. The van der Waals surface area contributed by atoms with E-state index in [1.165, 1.54) is 17.3 Å². The molecule has 0 radical (unpaired) electrons. The Morgan fingerprint density at radius 1 is 0.659 bits per heavy atom. The van der Waals surface area contributed by atoms with Gasteiger partial charge in [-0.1, -0.05) is 86.6 Å². The molecule has 6 aromatic rings. The predicted molar refractivity (Wildman–Crippen MR) is 166 cm³/mol. The van der Waals surface area contributed by atoms with Crippen LogP contribution in [0.5, 0.6) is 0 Å². The zero-order valence-corrected chi connectivity index (χ0v) is 22.8. The van der Waals surface area contributed by atoms with Crippen LogP contribution >= 0.6 is 0 Å². The minimum atomic E-state index is -0.288. The van der Waals surface area contributed by atoms with E-state index in [9.17, 15) is 0 Å². The molecule has 5 aromatic carbocycles. The maximum Gasteiger partial charge on any atom is 0.248 e. The van der Waals surface area contributed by atoms with E-state index in [2.05, 4.69) is 102 Å². The van der Waals surface area contributed by atoms with Crippen LogP contribution in [0.25, 0.3) is 45.2 Å². The van der Waals surface area contributed by atoms with Gasteiger partial charge < -0.3 is 15.1 Å². The van der Waals surface area contributed by atoms with Gasteiger partial charge in [0, 0.05) is 39.7 Å². The van der Waals surface area contributed by atoms with E-state index in [4.69, 9.17) is 9.83 Å². The summed E-state index contributed by atoms with van der Waals surface area (Å²) in [6.07, 6.45) is 1.47. The first-order chi connectivity index (χ1) is 20.0. The van der Waals surface area contributed by atoms with Gasteiger partial charge in [0.1, 0.15) is 0 Å². The third-order valence-electron chi connectivity index (χ3n) is 7.94. The fraction of sp³-hybridized carbons (Fsp3) is 0.0833. The third kappa shape index (κ3) is 4.23. The number of nitrogens with zero attached hydrogens (tertiary/aromatic N) is 2. The lowest BCUT2D eigenvalue weighted by molar-refractivity contribution is 0.584. The molecule has 41 heavy (non-hydrogen) atoms. The highest BCUT2D eigenvalue weighted by Crippen LogP contribution is 2.52.